The zero-order valence-corrected chi connectivity index (χ0v) is 14.0. The molecular formula is C18H20O6. The fourth-order valence-corrected chi connectivity index (χ4v) is 2.10. The summed E-state index contributed by atoms with van der Waals surface area (Å²) in [6.45, 7) is 9.23. The number of hydrogen-bond donors (Lipinski definition) is 0. The van der Waals surface area contributed by atoms with Crippen LogP contribution in [0.25, 0.3) is 6.08 Å². The number of hydrogen-bond acceptors (Lipinski definition) is 6. The Morgan fingerprint density at radius 3 is 2.38 bits per heavy atom. The van der Waals surface area contributed by atoms with Crippen LogP contribution in [0.15, 0.2) is 36.4 Å². The van der Waals surface area contributed by atoms with Gasteiger partial charge < -0.3 is 18.9 Å². The van der Waals surface area contributed by atoms with Gasteiger partial charge in [0.2, 0.25) is 0 Å². The van der Waals surface area contributed by atoms with E-state index in [0.717, 1.165) is 0 Å². The number of carbonyl (C=O) groups is 2. The van der Waals surface area contributed by atoms with Gasteiger partial charge in [0.15, 0.2) is 11.5 Å². The van der Waals surface area contributed by atoms with Crippen molar-refractivity contribution in [2.75, 3.05) is 13.2 Å². The molecule has 1 aromatic carbocycles. The van der Waals surface area contributed by atoms with E-state index < -0.39 is 17.7 Å². The van der Waals surface area contributed by atoms with Crippen LogP contribution < -0.4 is 9.47 Å². The van der Waals surface area contributed by atoms with Crippen molar-refractivity contribution < 1.29 is 28.5 Å². The molecule has 0 aromatic heterocycles. The van der Waals surface area contributed by atoms with Gasteiger partial charge in [-0.25, -0.2) is 9.59 Å². The van der Waals surface area contributed by atoms with Gasteiger partial charge in [0, 0.05) is 13.8 Å². The van der Waals surface area contributed by atoms with Crippen LogP contribution >= 0.6 is 0 Å². The number of ether oxygens (including phenoxy) is 4. The van der Waals surface area contributed by atoms with E-state index in [2.05, 4.69) is 6.58 Å². The van der Waals surface area contributed by atoms with Crippen LogP contribution in [0.2, 0.25) is 0 Å². The van der Waals surface area contributed by atoms with E-state index in [1.54, 1.807) is 24.3 Å². The molecule has 0 saturated carbocycles. The molecule has 0 atom stereocenters. The lowest BCUT2D eigenvalue weighted by atomic mass is 10.1. The van der Waals surface area contributed by atoms with Gasteiger partial charge >= 0.3 is 11.9 Å². The average molecular weight is 332 g/mol. The normalized spacial score (nSPS) is 16.0. The first-order valence-corrected chi connectivity index (χ1v) is 7.55. The molecule has 0 spiro atoms. The first-order valence-electron chi connectivity index (χ1n) is 7.55. The van der Waals surface area contributed by atoms with E-state index in [9.17, 15) is 9.59 Å². The summed E-state index contributed by atoms with van der Waals surface area (Å²) in [5, 5.41) is 0. The van der Waals surface area contributed by atoms with Crippen LogP contribution in [0.1, 0.15) is 26.3 Å². The van der Waals surface area contributed by atoms with E-state index in [1.165, 1.54) is 19.9 Å². The minimum absolute atomic E-state index is 0.170. The highest BCUT2D eigenvalue weighted by molar-refractivity contribution is 6.18. The molecule has 1 saturated heterocycles. The van der Waals surface area contributed by atoms with Crippen molar-refractivity contribution in [2.24, 2.45) is 0 Å². The molecule has 0 N–H and O–H groups in total. The van der Waals surface area contributed by atoms with Gasteiger partial charge in [-0.1, -0.05) is 18.7 Å². The van der Waals surface area contributed by atoms with E-state index in [0.29, 0.717) is 30.3 Å². The first-order chi connectivity index (χ1) is 11.4. The Hall–Kier alpha value is -2.76. The highest BCUT2D eigenvalue weighted by Gasteiger charge is 2.38. The van der Waals surface area contributed by atoms with E-state index in [-0.39, 0.29) is 5.57 Å². The topological polar surface area (TPSA) is 71.1 Å². The van der Waals surface area contributed by atoms with Crippen molar-refractivity contribution in [1.29, 1.82) is 0 Å². The molecule has 128 valence electrons. The fraction of sp³-hybridized carbons (Fsp3) is 0.333. The molecule has 24 heavy (non-hydrogen) atoms. The van der Waals surface area contributed by atoms with E-state index >= 15 is 0 Å². The molecule has 6 nitrogen and oxygen atoms in total. The summed E-state index contributed by atoms with van der Waals surface area (Å²) in [6, 6.07) is 5.08. The van der Waals surface area contributed by atoms with Gasteiger partial charge in [-0.15, -0.1) is 0 Å². The Bertz CT molecular complexity index is 665. The average Bonchev–Trinajstić information content (AvgIpc) is 2.49. The van der Waals surface area contributed by atoms with Crippen molar-refractivity contribution in [3.05, 3.63) is 42.0 Å². The molecule has 2 rings (SSSR count). The molecular weight excluding hydrogens is 312 g/mol. The second-order valence-electron chi connectivity index (χ2n) is 5.48. The summed E-state index contributed by atoms with van der Waals surface area (Å²) >= 11 is 0. The molecule has 0 unspecified atom stereocenters. The van der Waals surface area contributed by atoms with Crippen molar-refractivity contribution in [3.8, 4) is 11.5 Å². The Morgan fingerprint density at radius 1 is 1.12 bits per heavy atom. The maximum Gasteiger partial charge on any atom is 0.348 e. The zero-order chi connectivity index (χ0) is 17.7. The lowest BCUT2D eigenvalue weighted by Gasteiger charge is -2.29. The third kappa shape index (κ3) is 4.16. The predicted octanol–water partition coefficient (Wildman–Crippen LogP) is 2.87. The second-order valence-corrected chi connectivity index (χ2v) is 5.48. The van der Waals surface area contributed by atoms with Gasteiger partial charge in [-0.3, -0.25) is 0 Å². The predicted molar refractivity (Wildman–Crippen MR) is 87.5 cm³/mol. The van der Waals surface area contributed by atoms with Gasteiger partial charge in [0.1, 0.15) is 12.2 Å². The van der Waals surface area contributed by atoms with Crippen molar-refractivity contribution in [1.82, 2.24) is 0 Å². The van der Waals surface area contributed by atoms with Crippen LogP contribution in [0, 0.1) is 0 Å². The smallest absolute Gasteiger partial charge is 0.348 e. The summed E-state index contributed by atoms with van der Waals surface area (Å²) in [5.74, 6) is -1.65. The number of esters is 2. The molecule has 0 radical (unpaired) electrons. The summed E-state index contributed by atoms with van der Waals surface area (Å²) in [5.41, 5.74) is 0.421. The summed E-state index contributed by atoms with van der Waals surface area (Å²) in [7, 11) is 0. The molecule has 1 aliphatic heterocycles. The fourth-order valence-electron chi connectivity index (χ4n) is 2.10. The van der Waals surface area contributed by atoms with Crippen LogP contribution in [0.3, 0.4) is 0 Å². The monoisotopic (exact) mass is 332 g/mol. The third-order valence-electron chi connectivity index (χ3n) is 3.05. The molecule has 0 amide bonds. The number of cyclic esters (lactones) is 2. The van der Waals surface area contributed by atoms with Crippen molar-refractivity contribution in [3.63, 3.8) is 0 Å². The van der Waals surface area contributed by atoms with Gasteiger partial charge in [0.25, 0.3) is 5.79 Å². The summed E-state index contributed by atoms with van der Waals surface area (Å²) in [4.78, 5) is 24.0. The minimum Gasteiger partial charge on any atom is -0.490 e. The number of benzene rings is 1. The van der Waals surface area contributed by atoms with Crippen molar-refractivity contribution >= 4 is 18.0 Å². The van der Waals surface area contributed by atoms with Gasteiger partial charge in [-0.2, -0.15) is 0 Å². The summed E-state index contributed by atoms with van der Waals surface area (Å²) in [6.07, 6.45) is 3.03. The second kappa shape index (κ2) is 7.21. The SMILES string of the molecule is C=CCOc1ccc(C=C2C(=O)OC(C)(C)OC2=O)cc1OCC. The molecule has 0 bridgehead atoms. The maximum absolute atomic E-state index is 12.0. The Balaban J connectivity index is 2.31. The molecule has 1 fully saturated rings. The van der Waals surface area contributed by atoms with E-state index in [1.807, 2.05) is 6.92 Å². The lowest BCUT2D eigenvalue weighted by molar-refractivity contribution is -0.222. The minimum atomic E-state index is -1.26. The van der Waals surface area contributed by atoms with Crippen LogP contribution in [-0.2, 0) is 19.1 Å². The molecule has 6 heteroatoms. The van der Waals surface area contributed by atoms with Crippen LogP contribution in [-0.4, -0.2) is 30.9 Å². The van der Waals surface area contributed by atoms with Crippen LogP contribution in [0.5, 0.6) is 11.5 Å². The first kappa shape index (κ1) is 17.6. The third-order valence-corrected chi connectivity index (χ3v) is 3.05. The van der Waals surface area contributed by atoms with Crippen LogP contribution in [0.4, 0.5) is 0 Å². The molecule has 0 aliphatic carbocycles. The number of carbonyl (C=O) groups excluding carboxylic acids is 2. The Morgan fingerprint density at radius 2 is 1.79 bits per heavy atom. The van der Waals surface area contributed by atoms with Gasteiger partial charge in [0.05, 0.1) is 6.61 Å². The Labute approximate surface area is 140 Å². The van der Waals surface area contributed by atoms with Gasteiger partial charge in [-0.05, 0) is 30.7 Å². The Kier molecular flexibility index (Phi) is 5.28. The molecule has 1 heterocycles. The maximum atomic E-state index is 12.0. The quantitative estimate of drug-likeness (QED) is 0.345. The molecule has 1 aromatic rings. The largest absolute Gasteiger partial charge is 0.490 e. The van der Waals surface area contributed by atoms with E-state index in [4.69, 9.17) is 18.9 Å². The lowest BCUT2D eigenvalue weighted by Crippen LogP contribution is -2.41. The standard InChI is InChI=1S/C18H20O6/c1-5-9-22-14-8-7-12(11-15(14)21-6-2)10-13-16(19)23-18(3,4)24-17(13)20/h5,7-8,10-11H,1,6,9H2,2-4H3. The van der Waals surface area contributed by atoms with Crippen molar-refractivity contribution in [2.45, 2.75) is 26.6 Å². The molecule has 1 aliphatic rings. The number of rotatable bonds is 6. The highest BCUT2D eigenvalue weighted by Crippen LogP contribution is 2.30. The highest BCUT2D eigenvalue weighted by atomic mass is 16.7. The zero-order valence-electron chi connectivity index (χ0n) is 14.0. The summed E-state index contributed by atoms with van der Waals surface area (Å²) < 4.78 is 21.2.